The number of likely N-dealkylation sites (tertiary alicyclic amines) is 1. The molecule has 0 radical (unpaired) electrons. The quantitative estimate of drug-likeness (QED) is 0.514. The molecule has 1 saturated carbocycles. The van der Waals surface area contributed by atoms with Crippen LogP contribution in [0.15, 0.2) is 21.2 Å². The number of anilines is 1. The Bertz CT molecular complexity index is 853. The highest BCUT2D eigenvalue weighted by Crippen LogP contribution is 2.33. The van der Waals surface area contributed by atoms with E-state index in [2.05, 4.69) is 38.2 Å². The first-order chi connectivity index (χ1) is 14.9. The number of nitrogens with zero attached hydrogens (tertiary/aromatic N) is 3. The van der Waals surface area contributed by atoms with Gasteiger partial charge in [-0.05, 0) is 55.1 Å². The van der Waals surface area contributed by atoms with Crippen LogP contribution in [0.3, 0.4) is 0 Å². The minimum absolute atomic E-state index is 0.312. The number of hydrogen-bond donors (Lipinski definition) is 1. The summed E-state index contributed by atoms with van der Waals surface area (Å²) in [5.74, 6) is 1.15. The summed E-state index contributed by atoms with van der Waals surface area (Å²) in [4.78, 5) is 6.57. The fourth-order valence-corrected chi connectivity index (χ4v) is 4.48. The van der Waals surface area contributed by atoms with Crippen molar-refractivity contribution in [3.8, 4) is 6.07 Å². The Kier molecular flexibility index (Phi) is 10.2. The van der Waals surface area contributed by atoms with Crippen molar-refractivity contribution in [1.82, 2.24) is 9.88 Å². The predicted molar refractivity (Wildman–Crippen MR) is 125 cm³/mol. The van der Waals surface area contributed by atoms with Crippen molar-refractivity contribution in [3.63, 3.8) is 0 Å². The van der Waals surface area contributed by atoms with Crippen molar-refractivity contribution in [2.45, 2.75) is 70.0 Å². The van der Waals surface area contributed by atoms with Gasteiger partial charge in [0.2, 0.25) is 5.76 Å². The number of nitriles is 1. The SMILES string of the molecule is CCC1(F)CCN(C)CC1.CF.N#Cc1cc2c(Br)c(NC3CCCCC3)ncc2o1. The third-order valence-corrected chi connectivity index (χ3v) is 6.89. The molecule has 5 nitrogen and oxygen atoms in total. The Balaban J connectivity index is 0.000000241. The van der Waals surface area contributed by atoms with E-state index in [4.69, 9.17) is 9.68 Å². The number of pyridine rings is 1. The summed E-state index contributed by atoms with van der Waals surface area (Å²) in [5.41, 5.74) is -0.204. The van der Waals surface area contributed by atoms with Crippen LogP contribution in [0.1, 0.15) is 64.1 Å². The van der Waals surface area contributed by atoms with Crippen LogP contribution in [0.2, 0.25) is 0 Å². The summed E-state index contributed by atoms with van der Waals surface area (Å²) < 4.78 is 29.2. The molecule has 2 fully saturated rings. The van der Waals surface area contributed by atoms with Crippen LogP contribution in [0, 0.1) is 11.3 Å². The van der Waals surface area contributed by atoms with E-state index in [1.54, 1.807) is 12.3 Å². The minimum atomic E-state index is -0.841. The van der Waals surface area contributed by atoms with Crippen LogP contribution in [-0.4, -0.2) is 48.9 Å². The summed E-state index contributed by atoms with van der Waals surface area (Å²) in [5, 5.41) is 13.2. The molecule has 0 atom stereocenters. The molecule has 3 heterocycles. The molecular formula is C23H33BrF2N4O. The zero-order chi connectivity index (χ0) is 22.9. The van der Waals surface area contributed by atoms with E-state index in [0.717, 1.165) is 41.6 Å². The number of furan rings is 1. The fourth-order valence-electron chi connectivity index (χ4n) is 3.95. The van der Waals surface area contributed by atoms with Gasteiger partial charge in [0.05, 0.1) is 17.8 Å². The second-order valence-corrected chi connectivity index (χ2v) is 9.00. The first kappa shape index (κ1) is 25.5. The lowest BCUT2D eigenvalue weighted by molar-refractivity contribution is 0.0660. The molecular weight excluding hydrogens is 466 g/mol. The second kappa shape index (κ2) is 12.4. The molecule has 1 aliphatic carbocycles. The number of hydrogen-bond acceptors (Lipinski definition) is 5. The summed E-state index contributed by atoms with van der Waals surface area (Å²) in [6, 6.07) is 4.25. The topological polar surface area (TPSA) is 65.1 Å². The number of halogens is 3. The van der Waals surface area contributed by atoms with E-state index in [1.807, 2.05) is 13.0 Å². The smallest absolute Gasteiger partial charge is 0.204 e. The zero-order valence-corrected chi connectivity index (χ0v) is 20.3. The van der Waals surface area contributed by atoms with Crippen LogP contribution in [0.25, 0.3) is 11.0 Å². The molecule has 1 N–H and O–H groups in total. The molecule has 0 aromatic carbocycles. The van der Waals surface area contributed by atoms with Crippen LogP contribution < -0.4 is 5.32 Å². The Morgan fingerprint density at radius 2 is 1.94 bits per heavy atom. The third-order valence-electron chi connectivity index (χ3n) is 6.09. The zero-order valence-electron chi connectivity index (χ0n) is 18.7. The lowest BCUT2D eigenvalue weighted by Gasteiger charge is -2.33. The molecule has 1 saturated heterocycles. The largest absolute Gasteiger partial charge is 0.444 e. The van der Waals surface area contributed by atoms with E-state index in [0.29, 0.717) is 31.0 Å². The number of rotatable bonds is 3. The molecule has 0 unspecified atom stereocenters. The van der Waals surface area contributed by atoms with Crippen molar-refractivity contribution in [2.24, 2.45) is 0 Å². The van der Waals surface area contributed by atoms with E-state index >= 15 is 0 Å². The summed E-state index contributed by atoms with van der Waals surface area (Å²) >= 11 is 3.56. The molecule has 2 aliphatic rings. The van der Waals surface area contributed by atoms with Crippen LogP contribution >= 0.6 is 15.9 Å². The monoisotopic (exact) mass is 498 g/mol. The molecule has 0 spiro atoms. The molecule has 2 aromatic heterocycles. The third kappa shape index (κ3) is 7.15. The van der Waals surface area contributed by atoms with Gasteiger partial charge in [0, 0.05) is 30.6 Å². The van der Waals surface area contributed by atoms with Crippen molar-refractivity contribution in [3.05, 3.63) is 22.5 Å². The first-order valence-electron chi connectivity index (χ1n) is 10.9. The van der Waals surface area contributed by atoms with E-state index in [-0.39, 0.29) is 0 Å². The van der Waals surface area contributed by atoms with Gasteiger partial charge in [0.1, 0.15) is 17.6 Å². The Labute approximate surface area is 192 Å². The van der Waals surface area contributed by atoms with Crippen LogP contribution in [-0.2, 0) is 0 Å². The van der Waals surface area contributed by atoms with Gasteiger partial charge < -0.3 is 14.6 Å². The Morgan fingerprint density at radius 1 is 1.29 bits per heavy atom. The Hall–Kier alpha value is -1.72. The van der Waals surface area contributed by atoms with Gasteiger partial charge in [0.15, 0.2) is 5.58 Å². The number of alkyl halides is 2. The fraction of sp³-hybridized carbons (Fsp3) is 0.652. The first-order valence-corrected chi connectivity index (χ1v) is 11.7. The van der Waals surface area contributed by atoms with Crippen molar-refractivity contribution in [1.29, 1.82) is 5.26 Å². The van der Waals surface area contributed by atoms with Crippen molar-refractivity contribution in [2.75, 3.05) is 32.6 Å². The van der Waals surface area contributed by atoms with Crippen molar-refractivity contribution >= 4 is 32.7 Å². The van der Waals surface area contributed by atoms with Gasteiger partial charge in [-0.15, -0.1) is 0 Å². The van der Waals surface area contributed by atoms with Crippen LogP contribution in [0.4, 0.5) is 14.6 Å². The lowest BCUT2D eigenvalue weighted by atomic mass is 9.91. The summed E-state index contributed by atoms with van der Waals surface area (Å²) in [7, 11) is 2.55. The molecule has 4 rings (SSSR count). The molecule has 0 bridgehead atoms. The standard InChI is InChI=1S/C14H14BrN3O.C8H16FN.CH3F/c15-13-11-6-10(7-16)19-12(11)8-17-14(13)18-9-4-2-1-3-5-9;1-3-8(9)4-6-10(2)7-5-8;1-2/h6,8-9H,1-5H2,(H,17,18);3-7H2,1-2H3;1H3. The van der Waals surface area contributed by atoms with Gasteiger partial charge in [-0.25, -0.2) is 9.37 Å². The molecule has 0 amide bonds. The highest BCUT2D eigenvalue weighted by Gasteiger charge is 2.31. The minimum Gasteiger partial charge on any atom is -0.444 e. The number of nitrogens with one attached hydrogen (secondary N) is 1. The maximum Gasteiger partial charge on any atom is 0.204 e. The van der Waals surface area contributed by atoms with Gasteiger partial charge in [0.25, 0.3) is 0 Å². The van der Waals surface area contributed by atoms with Gasteiger partial charge in [-0.2, -0.15) is 5.26 Å². The number of aromatic nitrogens is 1. The number of fused-ring (bicyclic) bond motifs is 1. The van der Waals surface area contributed by atoms with E-state index < -0.39 is 5.67 Å². The van der Waals surface area contributed by atoms with Gasteiger partial charge in [-0.1, -0.05) is 26.2 Å². The summed E-state index contributed by atoms with van der Waals surface area (Å²) in [6.07, 6.45) is 10.1. The number of piperidine rings is 1. The molecule has 172 valence electrons. The molecule has 8 heteroatoms. The average molecular weight is 499 g/mol. The summed E-state index contributed by atoms with van der Waals surface area (Å²) in [6.45, 7) is 3.78. The maximum absolute atomic E-state index is 13.4. The van der Waals surface area contributed by atoms with Gasteiger partial charge >= 0.3 is 0 Å². The second-order valence-electron chi connectivity index (χ2n) is 8.21. The normalized spacial score (nSPS) is 18.9. The lowest BCUT2D eigenvalue weighted by Crippen LogP contribution is -2.39. The van der Waals surface area contributed by atoms with E-state index in [1.165, 1.54) is 32.1 Å². The maximum atomic E-state index is 13.4. The molecule has 1 aliphatic heterocycles. The highest BCUT2D eigenvalue weighted by atomic mass is 79.9. The average Bonchev–Trinajstić information content (AvgIpc) is 3.25. The predicted octanol–water partition coefficient (Wildman–Crippen LogP) is 6.62. The Morgan fingerprint density at radius 3 is 2.52 bits per heavy atom. The van der Waals surface area contributed by atoms with Crippen LogP contribution in [0.5, 0.6) is 0 Å². The highest BCUT2D eigenvalue weighted by molar-refractivity contribution is 9.10. The molecule has 31 heavy (non-hydrogen) atoms. The van der Waals surface area contributed by atoms with Gasteiger partial charge in [-0.3, -0.25) is 4.39 Å². The van der Waals surface area contributed by atoms with Crippen molar-refractivity contribution < 1.29 is 13.2 Å². The van der Waals surface area contributed by atoms with E-state index in [9.17, 15) is 8.78 Å². The molecule has 2 aromatic rings.